The number of H-pyrrole nitrogens is 1. The summed E-state index contributed by atoms with van der Waals surface area (Å²) >= 11 is 8.60. The molecule has 0 amide bonds. The monoisotopic (exact) mass is 364 g/mol. The summed E-state index contributed by atoms with van der Waals surface area (Å²) in [5.41, 5.74) is 3.83. The summed E-state index contributed by atoms with van der Waals surface area (Å²) in [5.74, 6) is -0.302. The number of benzene rings is 2. The lowest BCUT2D eigenvalue weighted by molar-refractivity contribution is 0.623. The number of nitrogens with zero attached hydrogens (tertiary/aromatic N) is 1. The van der Waals surface area contributed by atoms with Crippen molar-refractivity contribution in [1.29, 1.82) is 0 Å². The van der Waals surface area contributed by atoms with Crippen molar-refractivity contribution in [2.75, 3.05) is 0 Å². The molecule has 21 heavy (non-hydrogen) atoms. The van der Waals surface area contributed by atoms with E-state index in [1.807, 2.05) is 16.7 Å². The third-order valence-corrected chi connectivity index (χ3v) is 4.35. The minimum atomic E-state index is -0.302. The average Bonchev–Trinajstić information content (AvgIpc) is 2.76. The van der Waals surface area contributed by atoms with Crippen molar-refractivity contribution < 1.29 is 4.39 Å². The fourth-order valence-corrected chi connectivity index (χ4v) is 3.10. The van der Waals surface area contributed by atoms with Crippen molar-refractivity contribution in [3.63, 3.8) is 0 Å². The highest BCUT2D eigenvalue weighted by Gasteiger charge is 2.10. The second-order valence-electron chi connectivity index (χ2n) is 4.97. The second kappa shape index (κ2) is 5.73. The summed E-state index contributed by atoms with van der Waals surface area (Å²) in [7, 11) is 0. The van der Waals surface area contributed by atoms with Crippen LogP contribution in [-0.4, -0.2) is 9.55 Å². The van der Waals surface area contributed by atoms with Crippen LogP contribution in [0.4, 0.5) is 4.39 Å². The number of nitrogens with one attached hydrogen (secondary N) is 1. The minimum absolute atomic E-state index is 0.302. The molecule has 0 aliphatic heterocycles. The first-order chi connectivity index (χ1) is 10.1. The normalized spacial score (nSPS) is 11.2. The SMILES string of the molecule is CCCc1ccc(-n2c(=S)[nH]c3cc(F)c(Br)cc32)cc1. The van der Waals surface area contributed by atoms with Gasteiger partial charge in [-0.3, -0.25) is 4.57 Å². The molecule has 0 bridgehead atoms. The third kappa shape index (κ3) is 2.68. The number of imidazole rings is 1. The van der Waals surface area contributed by atoms with E-state index in [0.29, 0.717) is 14.8 Å². The summed E-state index contributed by atoms with van der Waals surface area (Å²) in [6.07, 6.45) is 2.19. The van der Waals surface area contributed by atoms with Crippen LogP contribution in [-0.2, 0) is 6.42 Å². The molecule has 3 aromatic rings. The van der Waals surface area contributed by atoms with Gasteiger partial charge in [0.05, 0.1) is 15.5 Å². The molecule has 3 rings (SSSR count). The zero-order valence-electron chi connectivity index (χ0n) is 11.5. The van der Waals surface area contributed by atoms with Crippen molar-refractivity contribution in [2.24, 2.45) is 0 Å². The average molecular weight is 365 g/mol. The van der Waals surface area contributed by atoms with E-state index in [0.717, 1.165) is 24.0 Å². The molecule has 1 heterocycles. The van der Waals surface area contributed by atoms with Gasteiger partial charge in [0.2, 0.25) is 0 Å². The molecule has 0 atom stereocenters. The van der Waals surface area contributed by atoms with Crippen LogP contribution in [0.3, 0.4) is 0 Å². The lowest BCUT2D eigenvalue weighted by Crippen LogP contribution is -1.95. The van der Waals surface area contributed by atoms with E-state index in [9.17, 15) is 4.39 Å². The highest BCUT2D eigenvalue weighted by molar-refractivity contribution is 9.10. The van der Waals surface area contributed by atoms with Crippen LogP contribution in [0, 0.1) is 10.6 Å². The summed E-state index contributed by atoms with van der Waals surface area (Å²) in [5, 5.41) is 0. The lowest BCUT2D eigenvalue weighted by Gasteiger charge is -2.06. The molecule has 0 aliphatic rings. The van der Waals surface area contributed by atoms with Crippen molar-refractivity contribution in [2.45, 2.75) is 19.8 Å². The molecule has 0 fully saturated rings. The number of hydrogen-bond donors (Lipinski definition) is 1. The van der Waals surface area contributed by atoms with E-state index in [1.165, 1.54) is 11.6 Å². The number of fused-ring (bicyclic) bond motifs is 1. The Bertz CT molecular complexity index is 849. The molecule has 108 valence electrons. The Morgan fingerprint density at radius 1 is 1.24 bits per heavy atom. The molecule has 5 heteroatoms. The Morgan fingerprint density at radius 3 is 2.62 bits per heavy atom. The van der Waals surface area contributed by atoms with Crippen LogP contribution >= 0.6 is 28.1 Å². The zero-order chi connectivity index (χ0) is 15.0. The largest absolute Gasteiger partial charge is 0.330 e. The van der Waals surface area contributed by atoms with E-state index >= 15 is 0 Å². The van der Waals surface area contributed by atoms with Gasteiger partial charge in [-0.15, -0.1) is 0 Å². The number of aryl methyl sites for hydroxylation is 1. The first-order valence-corrected chi connectivity index (χ1v) is 7.99. The first-order valence-electron chi connectivity index (χ1n) is 6.79. The Balaban J connectivity index is 2.17. The molecule has 0 spiro atoms. The standard InChI is InChI=1S/C16H14BrFN2S/c1-2-3-10-4-6-11(7-5-10)20-15-8-12(17)13(18)9-14(15)19-16(20)21/h4-9H,2-3H2,1H3,(H,19,21). The molecule has 0 radical (unpaired) electrons. The van der Waals surface area contributed by atoms with Crippen LogP contribution in [0.2, 0.25) is 0 Å². The maximum Gasteiger partial charge on any atom is 0.182 e. The van der Waals surface area contributed by atoms with Crippen LogP contribution in [0.1, 0.15) is 18.9 Å². The van der Waals surface area contributed by atoms with Gasteiger partial charge < -0.3 is 4.98 Å². The number of aromatic nitrogens is 2. The van der Waals surface area contributed by atoms with Crippen molar-refractivity contribution in [3.8, 4) is 5.69 Å². The predicted molar refractivity (Wildman–Crippen MR) is 90.1 cm³/mol. The van der Waals surface area contributed by atoms with Crippen LogP contribution in [0.15, 0.2) is 40.9 Å². The summed E-state index contributed by atoms with van der Waals surface area (Å²) in [4.78, 5) is 3.05. The molecule has 0 aliphatic carbocycles. The molecular formula is C16H14BrFN2S. The van der Waals surface area contributed by atoms with E-state index in [-0.39, 0.29) is 5.82 Å². The summed E-state index contributed by atoms with van der Waals surface area (Å²) in [6.45, 7) is 2.16. The molecule has 0 unspecified atom stereocenters. The van der Waals surface area contributed by atoms with Gasteiger partial charge in [0.25, 0.3) is 0 Å². The van der Waals surface area contributed by atoms with Gasteiger partial charge in [-0.05, 0) is 58.3 Å². The van der Waals surface area contributed by atoms with Gasteiger partial charge in [0.1, 0.15) is 5.82 Å². The van der Waals surface area contributed by atoms with Crippen LogP contribution in [0.5, 0.6) is 0 Å². The smallest absolute Gasteiger partial charge is 0.182 e. The number of halogens is 2. The Labute approximate surface area is 135 Å². The van der Waals surface area contributed by atoms with Gasteiger partial charge in [-0.25, -0.2) is 4.39 Å². The predicted octanol–water partition coefficient (Wildman–Crippen LogP) is 5.54. The van der Waals surface area contributed by atoms with Crippen LogP contribution in [0.25, 0.3) is 16.7 Å². The Hall–Kier alpha value is -1.46. The molecule has 1 N–H and O–H groups in total. The Morgan fingerprint density at radius 2 is 1.95 bits per heavy atom. The van der Waals surface area contributed by atoms with Crippen molar-refractivity contribution >= 4 is 39.2 Å². The molecule has 0 saturated heterocycles. The highest BCUT2D eigenvalue weighted by Crippen LogP contribution is 2.26. The molecule has 1 aromatic heterocycles. The van der Waals surface area contributed by atoms with Crippen LogP contribution < -0.4 is 0 Å². The maximum atomic E-state index is 13.6. The van der Waals surface area contributed by atoms with E-state index in [1.54, 1.807) is 6.07 Å². The maximum absolute atomic E-state index is 13.6. The van der Waals surface area contributed by atoms with E-state index < -0.39 is 0 Å². The summed E-state index contributed by atoms with van der Waals surface area (Å²) < 4.78 is 16.5. The second-order valence-corrected chi connectivity index (χ2v) is 6.21. The number of rotatable bonds is 3. The third-order valence-electron chi connectivity index (χ3n) is 3.46. The Kier molecular flexibility index (Phi) is 3.95. The highest BCUT2D eigenvalue weighted by atomic mass is 79.9. The number of aromatic amines is 1. The van der Waals surface area contributed by atoms with Gasteiger partial charge >= 0.3 is 0 Å². The topological polar surface area (TPSA) is 20.7 Å². The van der Waals surface area contributed by atoms with Gasteiger partial charge in [0.15, 0.2) is 4.77 Å². The molecule has 2 aromatic carbocycles. The van der Waals surface area contributed by atoms with Crippen molar-refractivity contribution in [3.05, 3.63) is 57.0 Å². The van der Waals surface area contributed by atoms with E-state index in [2.05, 4.69) is 40.0 Å². The summed E-state index contributed by atoms with van der Waals surface area (Å²) in [6, 6.07) is 11.5. The first kappa shape index (κ1) is 14.5. The molecular weight excluding hydrogens is 351 g/mol. The fraction of sp³-hybridized carbons (Fsp3) is 0.188. The van der Waals surface area contributed by atoms with E-state index in [4.69, 9.17) is 12.2 Å². The fourth-order valence-electron chi connectivity index (χ4n) is 2.46. The number of hydrogen-bond acceptors (Lipinski definition) is 1. The van der Waals surface area contributed by atoms with Gasteiger partial charge in [0, 0.05) is 11.8 Å². The van der Waals surface area contributed by atoms with Gasteiger partial charge in [-0.2, -0.15) is 0 Å². The quantitative estimate of drug-likeness (QED) is 0.604. The van der Waals surface area contributed by atoms with Crippen molar-refractivity contribution in [1.82, 2.24) is 9.55 Å². The lowest BCUT2D eigenvalue weighted by atomic mass is 10.1. The zero-order valence-corrected chi connectivity index (χ0v) is 13.9. The molecule has 2 nitrogen and oxygen atoms in total. The molecule has 0 saturated carbocycles. The van der Waals surface area contributed by atoms with Gasteiger partial charge in [-0.1, -0.05) is 25.5 Å². The minimum Gasteiger partial charge on any atom is -0.330 e.